The van der Waals surface area contributed by atoms with Crippen LogP contribution < -0.4 is 4.90 Å². The molecule has 0 aromatic carbocycles. The lowest BCUT2D eigenvalue weighted by Gasteiger charge is -2.37. The molecule has 1 atom stereocenters. The SMILES string of the molecule is CN(Cc1nc(-c2ccoc2)no1)C1CCCN(c2cccnn2)C1. The molecule has 0 saturated carbocycles. The van der Waals surface area contributed by atoms with Gasteiger partial charge in [0, 0.05) is 25.3 Å². The third-order valence-corrected chi connectivity index (χ3v) is 4.53. The van der Waals surface area contributed by atoms with Crippen molar-refractivity contribution in [3.05, 3.63) is 42.8 Å². The number of piperidine rings is 1. The minimum absolute atomic E-state index is 0.403. The summed E-state index contributed by atoms with van der Waals surface area (Å²) in [5.41, 5.74) is 0.823. The molecule has 0 bridgehead atoms. The van der Waals surface area contributed by atoms with Crippen molar-refractivity contribution in [2.45, 2.75) is 25.4 Å². The van der Waals surface area contributed by atoms with E-state index in [0.29, 0.717) is 24.3 Å². The van der Waals surface area contributed by atoms with Crippen molar-refractivity contribution in [2.75, 3.05) is 25.0 Å². The smallest absolute Gasteiger partial charge is 0.241 e. The zero-order chi connectivity index (χ0) is 17.1. The highest BCUT2D eigenvalue weighted by atomic mass is 16.5. The van der Waals surface area contributed by atoms with Crippen molar-refractivity contribution < 1.29 is 8.94 Å². The molecule has 0 radical (unpaired) electrons. The Morgan fingerprint density at radius 2 is 2.32 bits per heavy atom. The third-order valence-electron chi connectivity index (χ3n) is 4.53. The highest BCUT2D eigenvalue weighted by Crippen LogP contribution is 2.21. The molecule has 1 aliphatic heterocycles. The second-order valence-corrected chi connectivity index (χ2v) is 6.26. The fourth-order valence-electron chi connectivity index (χ4n) is 3.16. The lowest BCUT2D eigenvalue weighted by molar-refractivity contribution is 0.183. The van der Waals surface area contributed by atoms with E-state index in [1.54, 1.807) is 18.7 Å². The predicted octanol–water partition coefficient (Wildman–Crippen LogP) is 2.22. The Kier molecular flexibility index (Phi) is 4.43. The molecule has 130 valence electrons. The standard InChI is InChI=1S/C17H20N6O2/c1-22(11-16-19-17(21-25-16)13-6-9-24-12-13)14-4-3-8-23(10-14)15-5-2-7-18-20-15/h2,5-7,9,12,14H,3-4,8,10-11H2,1H3. The topological polar surface area (TPSA) is 84.3 Å². The first-order chi connectivity index (χ1) is 12.3. The van der Waals surface area contributed by atoms with Crippen LogP contribution in [0.2, 0.25) is 0 Å². The van der Waals surface area contributed by atoms with Gasteiger partial charge in [-0.3, -0.25) is 4.90 Å². The second-order valence-electron chi connectivity index (χ2n) is 6.26. The lowest BCUT2D eigenvalue weighted by Crippen LogP contribution is -2.46. The van der Waals surface area contributed by atoms with E-state index in [2.05, 4.69) is 37.2 Å². The van der Waals surface area contributed by atoms with Crippen LogP contribution in [0.3, 0.4) is 0 Å². The third kappa shape index (κ3) is 3.53. The van der Waals surface area contributed by atoms with Crippen LogP contribution in [-0.4, -0.2) is 51.4 Å². The zero-order valence-corrected chi connectivity index (χ0v) is 14.1. The Labute approximate surface area is 145 Å². The van der Waals surface area contributed by atoms with Crippen LogP contribution in [0.1, 0.15) is 18.7 Å². The van der Waals surface area contributed by atoms with E-state index in [0.717, 1.165) is 37.3 Å². The van der Waals surface area contributed by atoms with Gasteiger partial charge in [0.05, 0.1) is 18.4 Å². The summed E-state index contributed by atoms with van der Waals surface area (Å²) in [5.74, 6) is 2.10. The second kappa shape index (κ2) is 7.02. The van der Waals surface area contributed by atoms with E-state index < -0.39 is 0 Å². The fraction of sp³-hybridized carbons (Fsp3) is 0.412. The Morgan fingerprint density at radius 1 is 1.36 bits per heavy atom. The van der Waals surface area contributed by atoms with Crippen molar-refractivity contribution in [1.29, 1.82) is 0 Å². The van der Waals surface area contributed by atoms with Gasteiger partial charge in [-0.25, -0.2) is 0 Å². The van der Waals surface area contributed by atoms with Gasteiger partial charge >= 0.3 is 0 Å². The summed E-state index contributed by atoms with van der Waals surface area (Å²) in [5, 5.41) is 12.2. The number of aromatic nitrogens is 4. The molecule has 4 rings (SSSR count). The molecule has 3 aromatic rings. The summed E-state index contributed by atoms with van der Waals surface area (Å²) in [4.78, 5) is 8.99. The van der Waals surface area contributed by atoms with Gasteiger partial charge in [-0.05, 0) is 38.1 Å². The molecule has 4 heterocycles. The number of hydrogen-bond donors (Lipinski definition) is 0. The van der Waals surface area contributed by atoms with Gasteiger partial charge in [0.25, 0.3) is 0 Å². The fourth-order valence-corrected chi connectivity index (χ4v) is 3.16. The van der Waals surface area contributed by atoms with E-state index in [9.17, 15) is 0 Å². The summed E-state index contributed by atoms with van der Waals surface area (Å²) in [6.07, 6.45) is 7.16. The van der Waals surface area contributed by atoms with Crippen LogP contribution in [0, 0.1) is 0 Å². The normalized spacial score (nSPS) is 18.0. The van der Waals surface area contributed by atoms with E-state index in [-0.39, 0.29) is 0 Å². The maximum absolute atomic E-state index is 5.38. The molecule has 3 aromatic heterocycles. The van der Waals surface area contributed by atoms with Crippen molar-refractivity contribution in [3.63, 3.8) is 0 Å². The number of rotatable bonds is 5. The van der Waals surface area contributed by atoms with E-state index in [1.807, 2.05) is 18.2 Å². The van der Waals surface area contributed by atoms with E-state index >= 15 is 0 Å². The first-order valence-electron chi connectivity index (χ1n) is 8.37. The molecule has 8 heteroatoms. The quantitative estimate of drug-likeness (QED) is 0.699. The van der Waals surface area contributed by atoms with Crippen molar-refractivity contribution in [2.24, 2.45) is 0 Å². The van der Waals surface area contributed by atoms with Gasteiger partial charge < -0.3 is 13.8 Å². The summed E-state index contributed by atoms with van der Waals surface area (Å²) in [7, 11) is 2.09. The van der Waals surface area contributed by atoms with Crippen molar-refractivity contribution in [3.8, 4) is 11.4 Å². The average Bonchev–Trinajstić information content (AvgIpc) is 3.34. The van der Waals surface area contributed by atoms with Crippen LogP contribution in [0.5, 0.6) is 0 Å². The summed E-state index contributed by atoms with van der Waals surface area (Å²) < 4.78 is 10.4. The average molecular weight is 340 g/mol. The minimum Gasteiger partial charge on any atom is -0.472 e. The van der Waals surface area contributed by atoms with Gasteiger partial charge in [-0.1, -0.05) is 5.16 Å². The molecular weight excluding hydrogens is 320 g/mol. The molecule has 25 heavy (non-hydrogen) atoms. The number of nitrogens with zero attached hydrogens (tertiary/aromatic N) is 6. The molecule has 1 unspecified atom stereocenters. The van der Waals surface area contributed by atoms with Gasteiger partial charge in [0.1, 0.15) is 6.26 Å². The van der Waals surface area contributed by atoms with E-state index in [4.69, 9.17) is 8.94 Å². The Morgan fingerprint density at radius 3 is 3.12 bits per heavy atom. The molecule has 0 N–H and O–H groups in total. The highest BCUT2D eigenvalue weighted by molar-refractivity contribution is 5.51. The molecule has 0 amide bonds. The molecule has 1 fully saturated rings. The molecular formula is C17H20N6O2. The summed E-state index contributed by atoms with van der Waals surface area (Å²) in [6.45, 7) is 2.54. The highest BCUT2D eigenvalue weighted by Gasteiger charge is 2.25. The first kappa shape index (κ1) is 15.8. The first-order valence-corrected chi connectivity index (χ1v) is 8.37. The van der Waals surface area contributed by atoms with Crippen LogP contribution in [0.15, 0.2) is 45.9 Å². The maximum Gasteiger partial charge on any atom is 0.241 e. The zero-order valence-electron chi connectivity index (χ0n) is 14.1. The summed E-state index contributed by atoms with van der Waals surface area (Å²) in [6, 6.07) is 6.15. The maximum atomic E-state index is 5.38. The van der Waals surface area contributed by atoms with Gasteiger partial charge in [-0.2, -0.15) is 10.1 Å². The Bertz CT molecular complexity index is 789. The van der Waals surface area contributed by atoms with Crippen LogP contribution in [0.4, 0.5) is 5.82 Å². The van der Waals surface area contributed by atoms with Crippen molar-refractivity contribution >= 4 is 5.82 Å². The van der Waals surface area contributed by atoms with E-state index in [1.165, 1.54) is 0 Å². The molecule has 0 spiro atoms. The van der Waals surface area contributed by atoms with Crippen LogP contribution in [0.25, 0.3) is 11.4 Å². The van der Waals surface area contributed by atoms with Crippen molar-refractivity contribution in [1.82, 2.24) is 25.2 Å². The minimum atomic E-state index is 0.403. The largest absolute Gasteiger partial charge is 0.472 e. The number of furan rings is 1. The monoisotopic (exact) mass is 340 g/mol. The van der Waals surface area contributed by atoms with Crippen LogP contribution >= 0.6 is 0 Å². The Balaban J connectivity index is 1.40. The molecule has 0 aliphatic carbocycles. The summed E-state index contributed by atoms with van der Waals surface area (Å²) >= 11 is 0. The lowest BCUT2D eigenvalue weighted by atomic mass is 10.0. The molecule has 1 aliphatic rings. The number of likely N-dealkylation sites (N-methyl/N-ethyl adjacent to an activating group) is 1. The van der Waals surface area contributed by atoms with Gasteiger partial charge in [-0.15, -0.1) is 5.10 Å². The van der Waals surface area contributed by atoms with Gasteiger partial charge in [0.2, 0.25) is 11.7 Å². The molecule has 1 saturated heterocycles. The predicted molar refractivity (Wildman–Crippen MR) is 90.7 cm³/mol. The molecule has 8 nitrogen and oxygen atoms in total. The number of hydrogen-bond acceptors (Lipinski definition) is 8. The number of anilines is 1. The Hall–Kier alpha value is -2.74. The van der Waals surface area contributed by atoms with Gasteiger partial charge in [0.15, 0.2) is 5.82 Å². The van der Waals surface area contributed by atoms with Crippen LogP contribution in [-0.2, 0) is 6.54 Å².